The zero-order valence-corrected chi connectivity index (χ0v) is 12.5. The Labute approximate surface area is 121 Å². The highest BCUT2D eigenvalue weighted by atomic mass is 16.5. The smallest absolute Gasteiger partial charge is 0.161 e. The Balaban J connectivity index is 2.06. The summed E-state index contributed by atoms with van der Waals surface area (Å²) in [5.41, 5.74) is 3.71. The number of ether oxygens (including phenoxy) is 2. The third-order valence-corrected chi connectivity index (χ3v) is 3.28. The molecule has 0 spiro atoms. The maximum absolute atomic E-state index is 5.86. The molecule has 0 saturated heterocycles. The Kier molecular flexibility index (Phi) is 5.05. The third kappa shape index (κ3) is 3.77. The van der Waals surface area contributed by atoms with E-state index in [0.717, 1.165) is 29.9 Å². The molecule has 20 heavy (non-hydrogen) atoms. The van der Waals surface area contributed by atoms with E-state index in [4.69, 9.17) is 9.47 Å². The zero-order valence-electron chi connectivity index (χ0n) is 12.5. The van der Waals surface area contributed by atoms with Crippen molar-refractivity contribution in [2.24, 2.45) is 0 Å². The van der Waals surface area contributed by atoms with Gasteiger partial charge in [-0.2, -0.15) is 0 Å². The van der Waals surface area contributed by atoms with Crippen molar-refractivity contribution in [2.45, 2.75) is 33.3 Å². The predicted octanol–water partition coefficient (Wildman–Crippen LogP) is 4.54. The average Bonchev–Trinajstić information content (AvgIpc) is 2.47. The van der Waals surface area contributed by atoms with E-state index in [-0.39, 0.29) is 0 Å². The molecule has 0 radical (unpaired) electrons. The van der Waals surface area contributed by atoms with Crippen LogP contribution in [0.15, 0.2) is 42.5 Å². The Morgan fingerprint density at radius 3 is 2.25 bits per heavy atom. The first-order valence-electron chi connectivity index (χ1n) is 7.08. The molecule has 0 aliphatic carbocycles. The number of hydrogen-bond acceptors (Lipinski definition) is 2. The fourth-order valence-electron chi connectivity index (χ4n) is 2.12. The lowest BCUT2D eigenvalue weighted by Gasteiger charge is -2.12. The van der Waals surface area contributed by atoms with Gasteiger partial charge in [-0.15, -0.1) is 0 Å². The van der Waals surface area contributed by atoms with Crippen LogP contribution in [-0.2, 0) is 13.0 Å². The van der Waals surface area contributed by atoms with Gasteiger partial charge in [0.05, 0.1) is 7.11 Å². The Morgan fingerprint density at radius 2 is 1.60 bits per heavy atom. The molecular weight excluding hydrogens is 248 g/mol. The summed E-state index contributed by atoms with van der Waals surface area (Å²) in [6.07, 6.45) is 2.20. The van der Waals surface area contributed by atoms with Crippen molar-refractivity contribution in [3.63, 3.8) is 0 Å². The highest BCUT2D eigenvalue weighted by Gasteiger charge is 2.06. The molecule has 0 unspecified atom stereocenters. The standard InChI is InChI=1S/C18H22O2/c1-4-5-15-10-11-17(18(12-15)19-3)20-13-16-8-6-14(2)7-9-16/h6-12H,4-5,13H2,1-3H3. The van der Waals surface area contributed by atoms with Gasteiger partial charge in [0.1, 0.15) is 6.61 Å². The van der Waals surface area contributed by atoms with E-state index in [0.29, 0.717) is 6.61 Å². The van der Waals surface area contributed by atoms with Crippen molar-refractivity contribution < 1.29 is 9.47 Å². The molecule has 0 aliphatic rings. The van der Waals surface area contributed by atoms with Crippen LogP contribution >= 0.6 is 0 Å². The first-order chi connectivity index (χ1) is 9.72. The normalized spacial score (nSPS) is 10.3. The molecule has 0 amide bonds. The lowest BCUT2D eigenvalue weighted by atomic mass is 10.1. The molecule has 0 bridgehead atoms. The van der Waals surface area contributed by atoms with E-state index in [9.17, 15) is 0 Å². The highest BCUT2D eigenvalue weighted by molar-refractivity contribution is 5.43. The van der Waals surface area contributed by atoms with Gasteiger partial charge in [-0.3, -0.25) is 0 Å². The zero-order chi connectivity index (χ0) is 14.4. The molecule has 2 rings (SSSR count). The van der Waals surface area contributed by atoms with Crippen LogP contribution in [0.4, 0.5) is 0 Å². The minimum Gasteiger partial charge on any atom is -0.493 e. The summed E-state index contributed by atoms with van der Waals surface area (Å²) < 4.78 is 11.3. The van der Waals surface area contributed by atoms with Gasteiger partial charge in [0.25, 0.3) is 0 Å². The summed E-state index contributed by atoms with van der Waals surface area (Å²) in [5.74, 6) is 1.61. The number of rotatable bonds is 6. The molecule has 2 aromatic carbocycles. The molecule has 2 aromatic rings. The van der Waals surface area contributed by atoms with Gasteiger partial charge in [-0.05, 0) is 36.6 Å². The second kappa shape index (κ2) is 6.99. The molecule has 0 atom stereocenters. The number of benzene rings is 2. The quantitative estimate of drug-likeness (QED) is 0.767. The minimum atomic E-state index is 0.559. The third-order valence-electron chi connectivity index (χ3n) is 3.28. The summed E-state index contributed by atoms with van der Waals surface area (Å²) in [5, 5.41) is 0. The van der Waals surface area contributed by atoms with Gasteiger partial charge in [-0.1, -0.05) is 49.2 Å². The Hall–Kier alpha value is -1.96. The summed E-state index contributed by atoms with van der Waals surface area (Å²) in [7, 11) is 1.68. The van der Waals surface area contributed by atoms with Crippen LogP contribution in [0.1, 0.15) is 30.0 Å². The van der Waals surface area contributed by atoms with Crippen molar-refractivity contribution in [2.75, 3.05) is 7.11 Å². The first kappa shape index (κ1) is 14.4. The van der Waals surface area contributed by atoms with Gasteiger partial charge in [-0.25, -0.2) is 0 Å². The van der Waals surface area contributed by atoms with Crippen molar-refractivity contribution in [3.8, 4) is 11.5 Å². The maximum Gasteiger partial charge on any atom is 0.161 e. The maximum atomic E-state index is 5.86. The number of aryl methyl sites for hydroxylation is 2. The SMILES string of the molecule is CCCc1ccc(OCc2ccc(C)cc2)c(OC)c1. The minimum absolute atomic E-state index is 0.559. The van der Waals surface area contributed by atoms with Crippen LogP contribution in [-0.4, -0.2) is 7.11 Å². The molecule has 0 N–H and O–H groups in total. The van der Waals surface area contributed by atoms with Gasteiger partial charge in [0, 0.05) is 0 Å². The largest absolute Gasteiger partial charge is 0.493 e. The average molecular weight is 270 g/mol. The van der Waals surface area contributed by atoms with Crippen LogP contribution < -0.4 is 9.47 Å². The first-order valence-corrected chi connectivity index (χ1v) is 7.08. The fourth-order valence-corrected chi connectivity index (χ4v) is 2.12. The number of hydrogen-bond donors (Lipinski definition) is 0. The second-order valence-corrected chi connectivity index (χ2v) is 5.01. The molecule has 106 valence electrons. The Bertz CT molecular complexity index is 544. The predicted molar refractivity (Wildman–Crippen MR) is 82.5 cm³/mol. The van der Waals surface area contributed by atoms with E-state index in [1.165, 1.54) is 11.1 Å². The van der Waals surface area contributed by atoms with Crippen LogP contribution in [0.2, 0.25) is 0 Å². The van der Waals surface area contributed by atoms with Crippen LogP contribution in [0.5, 0.6) is 11.5 Å². The second-order valence-electron chi connectivity index (χ2n) is 5.01. The van der Waals surface area contributed by atoms with E-state index in [1.807, 2.05) is 6.07 Å². The molecule has 0 fully saturated rings. The van der Waals surface area contributed by atoms with Gasteiger partial charge in [0.15, 0.2) is 11.5 Å². The Morgan fingerprint density at radius 1 is 0.900 bits per heavy atom. The van der Waals surface area contributed by atoms with Gasteiger partial charge in [0.2, 0.25) is 0 Å². The lowest BCUT2D eigenvalue weighted by Crippen LogP contribution is -1.98. The fraction of sp³-hybridized carbons (Fsp3) is 0.333. The molecular formula is C18H22O2. The molecule has 0 aliphatic heterocycles. The van der Waals surface area contributed by atoms with Crippen molar-refractivity contribution in [1.29, 1.82) is 0 Å². The van der Waals surface area contributed by atoms with Crippen molar-refractivity contribution in [3.05, 3.63) is 59.2 Å². The molecule has 0 heterocycles. The summed E-state index contributed by atoms with van der Waals surface area (Å²) in [6.45, 7) is 4.82. The summed E-state index contributed by atoms with van der Waals surface area (Å²) >= 11 is 0. The van der Waals surface area contributed by atoms with E-state index < -0.39 is 0 Å². The van der Waals surface area contributed by atoms with Crippen LogP contribution in [0, 0.1) is 6.92 Å². The van der Waals surface area contributed by atoms with Crippen molar-refractivity contribution >= 4 is 0 Å². The molecule has 2 nitrogen and oxygen atoms in total. The van der Waals surface area contributed by atoms with E-state index in [1.54, 1.807) is 7.11 Å². The lowest BCUT2D eigenvalue weighted by molar-refractivity contribution is 0.284. The topological polar surface area (TPSA) is 18.5 Å². The van der Waals surface area contributed by atoms with Crippen LogP contribution in [0.25, 0.3) is 0 Å². The monoisotopic (exact) mass is 270 g/mol. The van der Waals surface area contributed by atoms with Crippen molar-refractivity contribution in [1.82, 2.24) is 0 Å². The number of methoxy groups -OCH3 is 1. The van der Waals surface area contributed by atoms with Gasteiger partial charge < -0.3 is 9.47 Å². The molecule has 0 aromatic heterocycles. The summed E-state index contributed by atoms with van der Waals surface area (Å²) in [4.78, 5) is 0. The van der Waals surface area contributed by atoms with Gasteiger partial charge >= 0.3 is 0 Å². The van der Waals surface area contributed by atoms with E-state index >= 15 is 0 Å². The molecule has 0 saturated carbocycles. The van der Waals surface area contributed by atoms with Crippen LogP contribution in [0.3, 0.4) is 0 Å². The van der Waals surface area contributed by atoms with E-state index in [2.05, 4.69) is 50.2 Å². The molecule has 2 heteroatoms. The summed E-state index contributed by atoms with van der Waals surface area (Å²) in [6, 6.07) is 14.5. The highest BCUT2D eigenvalue weighted by Crippen LogP contribution is 2.29.